The minimum atomic E-state index is -0.362. The normalized spacial score (nSPS) is 16.7. The van der Waals surface area contributed by atoms with Crippen LogP contribution in [0.2, 0.25) is 10.0 Å². The third-order valence-electron chi connectivity index (χ3n) is 6.15. The van der Waals surface area contributed by atoms with E-state index in [0.29, 0.717) is 27.0 Å². The maximum absolute atomic E-state index is 13.1. The number of hydrogen-bond acceptors (Lipinski definition) is 7. The van der Waals surface area contributed by atoms with E-state index in [2.05, 4.69) is 47.1 Å². The maximum Gasteiger partial charge on any atom is 0.268 e. The third-order valence-corrected chi connectivity index (χ3v) is 6.76. The SMILES string of the molecule is CN1Cc2cc(Nc3ncc4c(n3)OCN(c3c(Cl)cccc3Cl)C4=O)cc(C#N)c2C(C)(C)C1. The molecule has 0 saturated carbocycles. The van der Waals surface area contributed by atoms with Gasteiger partial charge in [-0.3, -0.25) is 9.69 Å². The van der Waals surface area contributed by atoms with Gasteiger partial charge in [0.15, 0.2) is 6.73 Å². The molecule has 1 aromatic heterocycles. The Hall–Kier alpha value is -3.38. The highest BCUT2D eigenvalue weighted by atomic mass is 35.5. The van der Waals surface area contributed by atoms with Crippen molar-refractivity contribution >= 4 is 46.4 Å². The number of benzene rings is 2. The van der Waals surface area contributed by atoms with E-state index in [-0.39, 0.29) is 35.4 Å². The number of nitrogens with zero attached hydrogens (tertiary/aromatic N) is 5. The zero-order valence-corrected chi connectivity index (χ0v) is 20.9. The van der Waals surface area contributed by atoms with Crippen molar-refractivity contribution < 1.29 is 9.53 Å². The molecule has 3 aromatic rings. The minimum Gasteiger partial charge on any atom is -0.455 e. The number of para-hydroxylation sites is 1. The van der Waals surface area contributed by atoms with Gasteiger partial charge in [0.1, 0.15) is 5.56 Å². The van der Waals surface area contributed by atoms with Gasteiger partial charge < -0.3 is 15.0 Å². The van der Waals surface area contributed by atoms with Gasteiger partial charge in [-0.05, 0) is 42.4 Å². The summed E-state index contributed by atoms with van der Waals surface area (Å²) in [5.41, 5.74) is 3.91. The molecular weight excluding hydrogens is 487 g/mol. The van der Waals surface area contributed by atoms with Crippen molar-refractivity contribution in [1.29, 1.82) is 5.26 Å². The molecule has 0 saturated heterocycles. The fraction of sp³-hybridized carbons (Fsp3) is 0.280. The Kier molecular flexibility index (Phi) is 5.80. The molecule has 10 heteroatoms. The van der Waals surface area contributed by atoms with Crippen molar-refractivity contribution in [2.24, 2.45) is 0 Å². The molecule has 0 radical (unpaired) electrons. The number of likely N-dealkylation sites (N-methyl/N-ethyl adjacent to an activating group) is 1. The van der Waals surface area contributed by atoms with Gasteiger partial charge in [0.05, 0.1) is 27.4 Å². The molecule has 0 unspecified atom stereocenters. The van der Waals surface area contributed by atoms with E-state index in [1.54, 1.807) is 18.2 Å². The standard InChI is InChI=1S/C25H22Cl2N6O2/c1-25(2)12-32(3)11-15-8-16(7-14(9-28)20(15)25)30-24-29-10-17-22(31-24)35-13-33(23(17)34)21-18(26)5-4-6-19(21)27/h4-8,10H,11-13H2,1-3H3,(H,29,30,31). The lowest BCUT2D eigenvalue weighted by Crippen LogP contribution is -2.40. The van der Waals surface area contributed by atoms with E-state index < -0.39 is 0 Å². The molecule has 2 aromatic carbocycles. The number of anilines is 3. The predicted octanol–water partition coefficient (Wildman–Crippen LogP) is 5.12. The Labute approximate surface area is 213 Å². The second-order valence-corrected chi connectivity index (χ2v) is 10.2. The largest absolute Gasteiger partial charge is 0.455 e. The van der Waals surface area contributed by atoms with Crippen LogP contribution in [0.1, 0.15) is 40.9 Å². The van der Waals surface area contributed by atoms with Crippen molar-refractivity contribution in [2.45, 2.75) is 25.8 Å². The molecule has 35 heavy (non-hydrogen) atoms. The first-order valence-electron chi connectivity index (χ1n) is 11.0. The van der Waals surface area contributed by atoms with E-state index in [9.17, 15) is 10.1 Å². The molecular formula is C25H22Cl2N6O2. The third kappa shape index (κ3) is 4.16. The number of hydrogen-bond donors (Lipinski definition) is 1. The number of aromatic nitrogens is 2. The molecule has 2 aliphatic heterocycles. The number of carbonyl (C=O) groups excluding carboxylic acids is 1. The van der Waals surface area contributed by atoms with Gasteiger partial charge in [-0.25, -0.2) is 4.98 Å². The Morgan fingerprint density at radius 3 is 2.69 bits per heavy atom. The summed E-state index contributed by atoms with van der Waals surface area (Å²) in [6, 6.07) is 11.2. The first-order chi connectivity index (χ1) is 16.7. The first-order valence-corrected chi connectivity index (χ1v) is 11.7. The number of carbonyl (C=O) groups is 1. The summed E-state index contributed by atoms with van der Waals surface area (Å²) in [6.07, 6.45) is 1.41. The van der Waals surface area contributed by atoms with Crippen LogP contribution in [0.5, 0.6) is 5.88 Å². The highest BCUT2D eigenvalue weighted by Crippen LogP contribution is 2.39. The van der Waals surface area contributed by atoms with Crippen LogP contribution in [0.15, 0.2) is 36.5 Å². The quantitative estimate of drug-likeness (QED) is 0.524. The van der Waals surface area contributed by atoms with Crippen molar-refractivity contribution in [3.63, 3.8) is 0 Å². The molecule has 1 N–H and O–H groups in total. The van der Waals surface area contributed by atoms with Gasteiger partial charge in [0, 0.05) is 30.4 Å². The van der Waals surface area contributed by atoms with Crippen LogP contribution in [0.3, 0.4) is 0 Å². The number of ether oxygens (including phenoxy) is 1. The number of amides is 1. The smallest absolute Gasteiger partial charge is 0.268 e. The number of rotatable bonds is 3. The van der Waals surface area contributed by atoms with Crippen molar-refractivity contribution in [3.05, 3.63) is 68.8 Å². The zero-order chi connectivity index (χ0) is 24.9. The second-order valence-electron chi connectivity index (χ2n) is 9.34. The predicted molar refractivity (Wildman–Crippen MR) is 135 cm³/mol. The lowest BCUT2D eigenvalue weighted by molar-refractivity contribution is 0.0932. The van der Waals surface area contributed by atoms with Crippen LogP contribution < -0.4 is 15.0 Å². The summed E-state index contributed by atoms with van der Waals surface area (Å²) in [6.45, 7) is 5.82. The number of halogens is 2. The average molecular weight is 509 g/mol. The lowest BCUT2D eigenvalue weighted by atomic mass is 9.76. The van der Waals surface area contributed by atoms with E-state index >= 15 is 0 Å². The van der Waals surface area contributed by atoms with Crippen molar-refractivity contribution in [1.82, 2.24) is 14.9 Å². The summed E-state index contributed by atoms with van der Waals surface area (Å²) < 4.78 is 5.76. The molecule has 1 amide bonds. The van der Waals surface area contributed by atoms with E-state index in [1.165, 1.54) is 11.1 Å². The van der Waals surface area contributed by atoms with E-state index in [1.807, 2.05) is 12.1 Å². The van der Waals surface area contributed by atoms with Gasteiger partial charge in [-0.2, -0.15) is 10.2 Å². The molecule has 0 spiro atoms. The first kappa shape index (κ1) is 23.4. The number of nitrogens with one attached hydrogen (secondary N) is 1. The molecule has 5 rings (SSSR count). The van der Waals surface area contributed by atoms with Gasteiger partial charge >= 0.3 is 0 Å². The fourth-order valence-electron chi connectivity index (χ4n) is 4.94. The van der Waals surface area contributed by atoms with Crippen molar-refractivity contribution in [2.75, 3.05) is 30.5 Å². The fourth-order valence-corrected chi connectivity index (χ4v) is 5.54. The van der Waals surface area contributed by atoms with E-state index in [4.69, 9.17) is 27.9 Å². The summed E-state index contributed by atoms with van der Waals surface area (Å²) in [5.74, 6) is 0.0536. The number of fused-ring (bicyclic) bond motifs is 2. The van der Waals surface area contributed by atoms with Crippen LogP contribution in [-0.4, -0.2) is 41.1 Å². The van der Waals surface area contributed by atoms with Gasteiger partial charge in [-0.1, -0.05) is 43.1 Å². The van der Waals surface area contributed by atoms with E-state index in [0.717, 1.165) is 24.2 Å². The molecule has 0 aliphatic carbocycles. The maximum atomic E-state index is 13.1. The van der Waals surface area contributed by atoms with Gasteiger partial charge in [-0.15, -0.1) is 0 Å². The highest BCUT2D eigenvalue weighted by molar-refractivity contribution is 6.40. The molecule has 2 aliphatic rings. The van der Waals surface area contributed by atoms with Crippen LogP contribution in [0, 0.1) is 11.3 Å². The Bertz CT molecular complexity index is 1380. The van der Waals surface area contributed by atoms with Gasteiger partial charge in [0.25, 0.3) is 5.91 Å². The van der Waals surface area contributed by atoms with Gasteiger partial charge in [0.2, 0.25) is 11.8 Å². The lowest BCUT2D eigenvalue weighted by Gasteiger charge is -2.39. The summed E-state index contributed by atoms with van der Waals surface area (Å²) in [5, 5.41) is 13.7. The highest BCUT2D eigenvalue weighted by Gasteiger charge is 2.34. The van der Waals surface area contributed by atoms with Crippen LogP contribution >= 0.6 is 23.2 Å². The summed E-state index contributed by atoms with van der Waals surface area (Å²) in [7, 11) is 2.07. The Morgan fingerprint density at radius 2 is 1.97 bits per heavy atom. The Balaban J connectivity index is 1.44. The second kappa shape index (κ2) is 8.68. The minimum absolute atomic E-state index is 0.0927. The molecule has 3 heterocycles. The van der Waals surface area contributed by atoms with Crippen LogP contribution in [0.4, 0.5) is 17.3 Å². The monoisotopic (exact) mass is 508 g/mol. The molecule has 0 atom stereocenters. The number of nitriles is 1. The summed E-state index contributed by atoms with van der Waals surface area (Å²) >= 11 is 12.5. The topological polar surface area (TPSA) is 94.4 Å². The molecule has 178 valence electrons. The van der Waals surface area contributed by atoms with Crippen molar-refractivity contribution in [3.8, 4) is 11.9 Å². The van der Waals surface area contributed by atoms with Crippen LogP contribution in [-0.2, 0) is 12.0 Å². The molecule has 8 nitrogen and oxygen atoms in total. The summed E-state index contributed by atoms with van der Waals surface area (Å²) in [4.78, 5) is 25.4. The molecule has 0 bridgehead atoms. The zero-order valence-electron chi connectivity index (χ0n) is 19.4. The Morgan fingerprint density at radius 1 is 1.23 bits per heavy atom. The van der Waals surface area contributed by atoms with Crippen LogP contribution in [0.25, 0.3) is 0 Å². The molecule has 0 fully saturated rings. The average Bonchev–Trinajstić information content (AvgIpc) is 2.79.